The predicted molar refractivity (Wildman–Crippen MR) is 133 cm³/mol. The quantitative estimate of drug-likeness (QED) is 0.283. The SMILES string of the molecule is NCC(=O)c1nn(-c2ccc(-c3ccc(C(=O)NCc4ccccc4)c(F)c3)cc2)cc1NC(N)=O. The molecule has 36 heavy (non-hydrogen) atoms. The number of primary amides is 1. The van der Waals surface area contributed by atoms with Gasteiger partial charge in [0.2, 0.25) is 0 Å². The highest BCUT2D eigenvalue weighted by Crippen LogP contribution is 2.25. The molecule has 0 atom stereocenters. The van der Waals surface area contributed by atoms with Gasteiger partial charge in [0.15, 0.2) is 11.5 Å². The van der Waals surface area contributed by atoms with Crippen molar-refractivity contribution < 1.29 is 18.8 Å². The third kappa shape index (κ3) is 5.45. The number of anilines is 1. The van der Waals surface area contributed by atoms with Crippen LogP contribution in [0.5, 0.6) is 0 Å². The Kier molecular flexibility index (Phi) is 7.17. The fourth-order valence-corrected chi connectivity index (χ4v) is 3.59. The molecule has 0 unspecified atom stereocenters. The Labute approximate surface area is 205 Å². The maximum absolute atomic E-state index is 14.8. The number of carbonyl (C=O) groups excluding carboxylic acids is 3. The topological polar surface area (TPSA) is 145 Å². The molecule has 0 saturated carbocycles. The Morgan fingerprint density at radius 2 is 1.64 bits per heavy atom. The zero-order valence-electron chi connectivity index (χ0n) is 19.1. The van der Waals surface area contributed by atoms with Gasteiger partial charge in [-0.25, -0.2) is 13.9 Å². The van der Waals surface area contributed by atoms with E-state index in [0.717, 1.165) is 5.56 Å². The summed E-state index contributed by atoms with van der Waals surface area (Å²) in [6.45, 7) is 0.0141. The molecule has 0 saturated heterocycles. The number of Topliss-reactive ketones (excluding diaryl/α,β-unsaturated/α-hetero) is 1. The zero-order valence-corrected chi connectivity index (χ0v) is 19.1. The largest absolute Gasteiger partial charge is 0.351 e. The van der Waals surface area contributed by atoms with Crippen LogP contribution in [0.3, 0.4) is 0 Å². The first-order chi connectivity index (χ1) is 17.4. The van der Waals surface area contributed by atoms with Crippen LogP contribution in [0.2, 0.25) is 0 Å². The molecular weight excluding hydrogens is 463 g/mol. The fourth-order valence-electron chi connectivity index (χ4n) is 3.59. The second-order valence-corrected chi connectivity index (χ2v) is 7.86. The molecule has 3 amide bonds. The number of nitrogens with one attached hydrogen (secondary N) is 2. The highest BCUT2D eigenvalue weighted by Gasteiger charge is 2.18. The molecule has 4 aromatic rings. The Balaban J connectivity index is 1.51. The predicted octanol–water partition coefficient (Wildman–Crippen LogP) is 3.24. The molecule has 0 bridgehead atoms. The summed E-state index contributed by atoms with van der Waals surface area (Å²) >= 11 is 0. The normalized spacial score (nSPS) is 10.6. The molecule has 0 aliphatic heterocycles. The molecule has 9 nitrogen and oxygen atoms in total. The van der Waals surface area contributed by atoms with E-state index in [1.54, 1.807) is 30.3 Å². The minimum atomic E-state index is -0.838. The Morgan fingerprint density at radius 3 is 2.28 bits per heavy atom. The van der Waals surface area contributed by atoms with Gasteiger partial charge in [-0.15, -0.1) is 0 Å². The van der Waals surface area contributed by atoms with E-state index in [2.05, 4.69) is 15.7 Å². The van der Waals surface area contributed by atoms with E-state index in [1.165, 1.54) is 23.0 Å². The van der Waals surface area contributed by atoms with Gasteiger partial charge >= 0.3 is 6.03 Å². The number of urea groups is 1. The van der Waals surface area contributed by atoms with Crippen LogP contribution in [0.1, 0.15) is 26.4 Å². The summed E-state index contributed by atoms with van der Waals surface area (Å²) in [5.41, 5.74) is 13.5. The highest BCUT2D eigenvalue weighted by molar-refractivity contribution is 6.03. The van der Waals surface area contributed by atoms with E-state index >= 15 is 0 Å². The maximum Gasteiger partial charge on any atom is 0.316 e. The maximum atomic E-state index is 14.8. The van der Waals surface area contributed by atoms with Gasteiger partial charge in [-0.3, -0.25) is 9.59 Å². The average Bonchev–Trinajstić information content (AvgIpc) is 3.30. The molecule has 0 fully saturated rings. The van der Waals surface area contributed by atoms with Crippen LogP contribution < -0.4 is 22.1 Å². The number of ketones is 1. The molecule has 0 aliphatic rings. The van der Waals surface area contributed by atoms with Crippen molar-refractivity contribution in [3.63, 3.8) is 0 Å². The van der Waals surface area contributed by atoms with E-state index in [4.69, 9.17) is 11.5 Å². The summed E-state index contributed by atoms with van der Waals surface area (Å²) in [4.78, 5) is 35.7. The van der Waals surface area contributed by atoms with Crippen LogP contribution in [0.15, 0.2) is 79.0 Å². The van der Waals surface area contributed by atoms with E-state index < -0.39 is 23.5 Å². The number of carbonyl (C=O) groups is 3. The number of amides is 3. The number of nitrogens with two attached hydrogens (primary N) is 2. The summed E-state index contributed by atoms with van der Waals surface area (Å²) in [5.74, 6) is -1.60. The molecule has 1 aromatic heterocycles. The van der Waals surface area contributed by atoms with Crippen LogP contribution in [0, 0.1) is 5.82 Å². The van der Waals surface area contributed by atoms with Crippen LogP contribution in [0.4, 0.5) is 14.9 Å². The average molecular weight is 487 g/mol. The third-order valence-electron chi connectivity index (χ3n) is 5.40. The molecule has 6 N–H and O–H groups in total. The standard InChI is InChI=1S/C26H23FN6O3/c27-21-12-18(8-11-20(21)25(35)30-14-16-4-2-1-3-5-16)17-6-9-19(10-7-17)33-15-22(31-26(29)36)24(32-33)23(34)13-28/h1-12,15H,13-14,28H2,(H,30,35)(H3,29,31,36). The number of nitrogens with zero attached hydrogens (tertiary/aromatic N) is 2. The molecule has 0 radical (unpaired) electrons. The molecule has 3 aromatic carbocycles. The number of rotatable bonds is 8. The molecule has 1 heterocycles. The monoisotopic (exact) mass is 486 g/mol. The van der Waals surface area contributed by atoms with Gasteiger partial charge in [-0.05, 0) is 41.0 Å². The van der Waals surface area contributed by atoms with E-state index in [-0.39, 0.29) is 23.5 Å². The van der Waals surface area contributed by atoms with E-state index in [0.29, 0.717) is 23.4 Å². The summed E-state index contributed by atoms with van der Waals surface area (Å²) in [6.07, 6.45) is 1.45. The van der Waals surface area contributed by atoms with Crippen LogP contribution in [-0.2, 0) is 6.54 Å². The lowest BCUT2D eigenvalue weighted by Gasteiger charge is -2.09. The smallest absolute Gasteiger partial charge is 0.316 e. The van der Waals surface area contributed by atoms with Gasteiger partial charge in [0, 0.05) is 6.54 Å². The Morgan fingerprint density at radius 1 is 0.944 bits per heavy atom. The molecule has 0 spiro atoms. The van der Waals surface area contributed by atoms with Crippen molar-refractivity contribution in [2.24, 2.45) is 11.5 Å². The highest BCUT2D eigenvalue weighted by atomic mass is 19.1. The lowest BCUT2D eigenvalue weighted by molar-refractivity contribution is 0.0945. The van der Waals surface area contributed by atoms with E-state index in [1.807, 2.05) is 30.3 Å². The van der Waals surface area contributed by atoms with Gasteiger partial charge in [0.05, 0.1) is 29.7 Å². The molecule has 182 valence electrons. The molecule has 4 rings (SSSR count). The zero-order chi connectivity index (χ0) is 25.7. The minimum absolute atomic E-state index is 0.0106. The van der Waals surface area contributed by atoms with Gasteiger partial charge in [0.1, 0.15) is 5.82 Å². The minimum Gasteiger partial charge on any atom is -0.351 e. The number of halogens is 1. The van der Waals surface area contributed by atoms with Crippen molar-refractivity contribution in [3.8, 4) is 16.8 Å². The number of benzene rings is 3. The summed E-state index contributed by atoms with van der Waals surface area (Å²) < 4.78 is 16.2. The lowest BCUT2D eigenvalue weighted by atomic mass is 10.0. The van der Waals surface area contributed by atoms with Crippen molar-refractivity contribution in [3.05, 3.63) is 102 Å². The number of hydrogen-bond donors (Lipinski definition) is 4. The van der Waals surface area contributed by atoms with Gasteiger partial charge in [0.25, 0.3) is 5.91 Å². The summed E-state index contributed by atoms with van der Waals surface area (Å²) in [5, 5.41) is 9.28. The summed E-state index contributed by atoms with van der Waals surface area (Å²) in [6, 6.07) is 19.8. The second kappa shape index (κ2) is 10.6. The van der Waals surface area contributed by atoms with Crippen molar-refractivity contribution in [1.29, 1.82) is 0 Å². The van der Waals surface area contributed by atoms with Crippen LogP contribution >= 0.6 is 0 Å². The van der Waals surface area contributed by atoms with E-state index in [9.17, 15) is 18.8 Å². The number of aromatic nitrogens is 2. The fraction of sp³-hybridized carbons (Fsp3) is 0.0769. The molecule has 0 aliphatic carbocycles. The van der Waals surface area contributed by atoms with Gasteiger partial charge in [-0.1, -0.05) is 48.5 Å². The third-order valence-corrected chi connectivity index (χ3v) is 5.40. The van der Waals surface area contributed by atoms with Crippen LogP contribution in [-0.4, -0.2) is 34.0 Å². The Bertz CT molecular complexity index is 1420. The molecular formula is C26H23FN6O3. The van der Waals surface area contributed by atoms with Crippen molar-refractivity contribution in [2.45, 2.75) is 6.54 Å². The first-order valence-electron chi connectivity index (χ1n) is 11.0. The van der Waals surface area contributed by atoms with Crippen molar-refractivity contribution >= 4 is 23.4 Å². The lowest BCUT2D eigenvalue weighted by Crippen LogP contribution is -2.23. The van der Waals surface area contributed by atoms with Crippen molar-refractivity contribution in [2.75, 3.05) is 11.9 Å². The first kappa shape index (κ1) is 24.3. The Hall–Kier alpha value is -4.83. The van der Waals surface area contributed by atoms with Gasteiger partial charge in [-0.2, -0.15) is 5.10 Å². The van der Waals surface area contributed by atoms with Crippen molar-refractivity contribution in [1.82, 2.24) is 15.1 Å². The molecule has 10 heteroatoms. The second-order valence-electron chi connectivity index (χ2n) is 7.86. The first-order valence-corrected chi connectivity index (χ1v) is 11.0. The summed E-state index contributed by atoms with van der Waals surface area (Å²) in [7, 11) is 0. The van der Waals surface area contributed by atoms with Gasteiger partial charge < -0.3 is 22.1 Å². The number of hydrogen-bond acceptors (Lipinski definition) is 5. The van der Waals surface area contributed by atoms with Crippen LogP contribution in [0.25, 0.3) is 16.8 Å².